The monoisotopic (exact) mass is 327 g/mol. The van der Waals surface area contributed by atoms with E-state index in [1.165, 1.54) is 18.3 Å². The van der Waals surface area contributed by atoms with Crippen molar-refractivity contribution in [2.75, 3.05) is 13.1 Å². The van der Waals surface area contributed by atoms with Crippen molar-refractivity contribution in [2.45, 2.75) is 18.9 Å². The number of pyridine rings is 1. The van der Waals surface area contributed by atoms with Gasteiger partial charge in [-0.15, -0.1) is 0 Å². The molecule has 1 aromatic carbocycles. The van der Waals surface area contributed by atoms with Gasteiger partial charge in [0.2, 0.25) is 6.41 Å². The van der Waals surface area contributed by atoms with Crippen LogP contribution in [0.15, 0.2) is 42.6 Å². The number of likely N-dealkylation sites (tertiary alicyclic amines) is 1. The second kappa shape index (κ2) is 7.21. The molecule has 0 aliphatic carbocycles. The van der Waals surface area contributed by atoms with Crippen LogP contribution in [-0.4, -0.2) is 41.3 Å². The second-order valence-corrected chi connectivity index (χ2v) is 5.83. The van der Waals surface area contributed by atoms with Gasteiger partial charge in [0.1, 0.15) is 5.82 Å². The zero-order chi connectivity index (χ0) is 16.9. The van der Waals surface area contributed by atoms with Crippen LogP contribution in [0, 0.1) is 5.82 Å². The van der Waals surface area contributed by atoms with Crippen molar-refractivity contribution in [1.29, 1.82) is 0 Å². The third-order valence-electron chi connectivity index (χ3n) is 4.16. The summed E-state index contributed by atoms with van der Waals surface area (Å²) in [5, 5.41) is 2.97. The van der Waals surface area contributed by atoms with Crippen LogP contribution in [0.5, 0.6) is 0 Å². The van der Waals surface area contributed by atoms with Crippen molar-refractivity contribution in [3.63, 3.8) is 0 Å². The lowest BCUT2D eigenvalue weighted by Gasteiger charge is -2.29. The standard InChI is InChI=1S/C18H18FN3O2/c19-15-3-1-2-13(10-15)17-5-4-14(11-20-17)18(24)21-16-6-8-22(12-23)9-7-16/h1-5,10-12,16H,6-9H2,(H,21,24). The molecule has 1 fully saturated rings. The molecule has 3 rings (SSSR count). The third kappa shape index (κ3) is 3.76. The van der Waals surface area contributed by atoms with Crippen LogP contribution in [0.3, 0.4) is 0 Å². The number of carbonyl (C=O) groups is 2. The summed E-state index contributed by atoms with van der Waals surface area (Å²) < 4.78 is 13.3. The van der Waals surface area contributed by atoms with E-state index in [4.69, 9.17) is 0 Å². The summed E-state index contributed by atoms with van der Waals surface area (Å²) in [6, 6.07) is 9.63. The highest BCUT2D eigenvalue weighted by molar-refractivity contribution is 5.94. The Labute approximate surface area is 139 Å². The van der Waals surface area contributed by atoms with E-state index in [9.17, 15) is 14.0 Å². The first kappa shape index (κ1) is 16.1. The Hall–Kier alpha value is -2.76. The molecule has 6 heteroatoms. The Bertz CT molecular complexity index is 725. The van der Waals surface area contributed by atoms with Crippen LogP contribution in [0.1, 0.15) is 23.2 Å². The van der Waals surface area contributed by atoms with E-state index in [-0.39, 0.29) is 17.8 Å². The molecular formula is C18H18FN3O2. The fraction of sp³-hybridized carbons (Fsp3) is 0.278. The molecule has 2 amide bonds. The maximum atomic E-state index is 13.3. The Kier molecular flexibility index (Phi) is 4.84. The molecule has 0 bridgehead atoms. The molecular weight excluding hydrogens is 309 g/mol. The topological polar surface area (TPSA) is 62.3 Å². The first-order chi connectivity index (χ1) is 11.7. The molecule has 0 saturated carbocycles. The van der Waals surface area contributed by atoms with Crippen molar-refractivity contribution in [1.82, 2.24) is 15.2 Å². The summed E-state index contributed by atoms with van der Waals surface area (Å²) >= 11 is 0. The van der Waals surface area contributed by atoms with Gasteiger partial charge in [-0.2, -0.15) is 0 Å². The number of hydrogen-bond donors (Lipinski definition) is 1. The zero-order valence-electron chi connectivity index (χ0n) is 13.1. The molecule has 2 aromatic rings. The average molecular weight is 327 g/mol. The normalized spacial score (nSPS) is 15.1. The number of nitrogens with one attached hydrogen (secondary N) is 1. The Morgan fingerprint density at radius 1 is 1.25 bits per heavy atom. The van der Waals surface area contributed by atoms with Crippen LogP contribution in [0.25, 0.3) is 11.3 Å². The molecule has 24 heavy (non-hydrogen) atoms. The number of benzene rings is 1. The molecule has 0 spiro atoms. The van der Waals surface area contributed by atoms with Crippen molar-refractivity contribution in [2.24, 2.45) is 0 Å². The highest BCUT2D eigenvalue weighted by Crippen LogP contribution is 2.18. The quantitative estimate of drug-likeness (QED) is 0.876. The molecule has 1 aliphatic heterocycles. The van der Waals surface area contributed by atoms with Gasteiger partial charge in [-0.25, -0.2) is 4.39 Å². The van der Waals surface area contributed by atoms with Gasteiger partial charge in [-0.3, -0.25) is 14.6 Å². The van der Waals surface area contributed by atoms with Gasteiger partial charge in [0.25, 0.3) is 5.91 Å². The van der Waals surface area contributed by atoms with Gasteiger partial charge >= 0.3 is 0 Å². The summed E-state index contributed by atoms with van der Waals surface area (Å²) in [5.74, 6) is -0.504. The minimum Gasteiger partial charge on any atom is -0.349 e. The maximum Gasteiger partial charge on any atom is 0.253 e. The number of aromatic nitrogens is 1. The first-order valence-corrected chi connectivity index (χ1v) is 7.88. The molecule has 5 nitrogen and oxygen atoms in total. The SMILES string of the molecule is O=CN1CCC(NC(=O)c2ccc(-c3cccc(F)c3)nc2)CC1. The largest absolute Gasteiger partial charge is 0.349 e. The van der Waals surface area contributed by atoms with Gasteiger partial charge in [0.05, 0.1) is 11.3 Å². The van der Waals surface area contributed by atoms with Crippen molar-refractivity contribution in [3.8, 4) is 11.3 Å². The number of hydrogen-bond acceptors (Lipinski definition) is 3. The van der Waals surface area contributed by atoms with E-state index in [1.807, 2.05) is 0 Å². The fourth-order valence-electron chi connectivity index (χ4n) is 2.76. The van der Waals surface area contributed by atoms with E-state index in [1.54, 1.807) is 29.2 Å². The molecule has 1 saturated heterocycles. The lowest BCUT2D eigenvalue weighted by molar-refractivity contribution is -0.119. The second-order valence-electron chi connectivity index (χ2n) is 5.83. The molecule has 124 valence electrons. The molecule has 0 unspecified atom stereocenters. The van der Waals surface area contributed by atoms with Gasteiger partial charge in [0, 0.05) is 30.9 Å². The molecule has 1 aromatic heterocycles. The van der Waals surface area contributed by atoms with Crippen LogP contribution >= 0.6 is 0 Å². The predicted molar refractivity (Wildman–Crippen MR) is 87.8 cm³/mol. The fourth-order valence-corrected chi connectivity index (χ4v) is 2.76. The van der Waals surface area contributed by atoms with Crippen LogP contribution < -0.4 is 5.32 Å². The number of halogens is 1. The van der Waals surface area contributed by atoms with Crippen LogP contribution in [0.2, 0.25) is 0 Å². The average Bonchev–Trinajstić information content (AvgIpc) is 2.62. The minimum absolute atomic E-state index is 0.0663. The molecule has 2 heterocycles. The van der Waals surface area contributed by atoms with Gasteiger partial charge in [-0.1, -0.05) is 12.1 Å². The Balaban J connectivity index is 1.63. The molecule has 0 radical (unpaired) electrons. The predicted octanol–water partition coefficient (Wildman–Crippen LogP) is 2.24. The highest BCUT2D eigenvalue weighted by atomic mass is 19.1. The number of piperidine rings is 1. The summed E-state index contributed by atoms with van der Waals surface area (Å²) in [5.41, 5.74) is 1.75. The Morgan fingerprint density at radius 2 is 2.04 bits per heavy atom. The van der Waals surface area contributed by atoms with E-state index >= 15 is 0 Å². The van der Waals surface area contributed by atoms with E-state index in [0.717, 1.165) is 19.3 Å². The smallest absolute Gasteiger partial charge is 0.253 e. The number of nitrogens with zero attached hydrogens (tertiary/aromatic N) is 2. The lowest BCUT2D eigenvalue weighted by Crippen LogP contribution is -2.44. The van der Waals surface area contributed by atoms with Crippen molar-refractivity contribution in [3.05, 3.63) is 54.0 Å². The van der Waals surface area contributed by atoms with E-state index in [0.29, 0.717) is 29.9 Å². The zero-order valence-corrected chi connectivity index (χ0v) is 13.1. The molecule has 1 N–H and O–H groups in total. The van der Waals surface area contributed by atoms with Gasteiger partial charge in [0.15, 0.2) is 0 Å². The molecule has 0 atom stereocenters. The summed E-state index contributed by atoms with van der Waals surface area (Å²) in [6.07, 6.45) is 3.84. The van der Waals surface area contributed by atoms with Gasteiger partial charge < -0.3 is 10.2 Å². The van der Waals surface area contributed by atoms with E-state index < -0.39 is 0 Å². The highest BCUT2D eigenvalue weighted by Gasteiger charge is 2.20. The van der Waals surface area contributed by atoms with Crippen molar-refractivity contribution < 1.29 is 14.0 Å². The van der Waals surface area contributed by atoms with Crippen LogP contribution in [-0.2, 0) is 4.79 Å². The van der Waals surface area contributed by atoms with Crippen molar-refractivity contribution >= 4 is 12.3 Å². The number of rotatable bonds is 4. The summed E-state index contributed by atoms with van der Waals surface area (Å²) in [7, 11) is 0. The third-order valence-corrected chi connectivity index (χ3v) is 4.16. The van der Waals surface area contributed by atoms with Crippen LogP contribution in [0.4, 0.5) is 4.39 Å². The first-order valence-electron chi connectivity index (χ1n) is 7.88. The summed E-state index contributed by atoms with van der Waals surface area (Å²) in [4.78, 5) is 28.9. The maximum absolute atomic E-state index is 13.3. The minimum atomic E-state index is -0.321. The van der Waals surface area contributed by atoms with Gasteiger partial charge in [-0.05, 0) is 37.1 Å². The number of carbonyl (C=O) groups excluding carboxylic acids is 2. The van der Waals surface area contributed by atoms with E-state index in [2.05, 4.69) is 10.3 Å². The lowest BCUT2D eigenvalue weighted by atomic mass is 10.0. The number of amides is 2. The molecule has 1 aliphatic rings. The summed E-state index contributed by atoms with van der Waals surface area (Å²) in [6.45, 7) is 1.32. The Morgan fingerprint density at radius 3 is 2.67 bits per heavy atom.